The lowest BCUT2D eigenvalue weighted by Gasteiger charge is -2.12. The van der Waals surface area contributed by atoms with Crippen molar-refractivity contribution in [1.82, 2.24) is 9.55 Å². The number of nitrogens with one attached hydrogen (secondary N) is 1. The zero-order valence-corrected chi connectivity index (χ0v) is 14.5. The minimum Gasteiger partial charge on any atom is -0.495 e. The molecule has 6 nitrogen and oxygen atoms in total. The van der Waals surface area contributed by atoms with Gasteiger partial charge in [0.15, 0.2) is 0 Å². The zero-order valence-electron chi connectivity index (χ0n) is 13.7. The number of amides is 1. The molecule has 3 aromatic rings. The molecule has 128 valence electrons. The Labute approximate surface area is 149 Å². The Morgan fingerprint density at radius 2 is 2.04 bits per heavy atom. The Kier molecular flexibility index (Phi) is 4.72. The zero-order chi connectivity index (χ0) is 18.0. The largest absolute Gasteiger partial charge is 0.495 e. The molecule has 1 heterocycles. The van der Waals surface area contributed by atoms with Gasteiger partial charge in [0.2, 0.25) is 5.91 Å². The molecule has 0 aliphatic carbocycles. The average Bonchev–Trinajstić information content (AvgIpc) is 2.59. The van der Waals surface area contributed by atoms with Gasteiger partial charge >= 0.3 is 0 Å². The van der Waals surface area contributed by atoms with Gasteiger partial charge in [-0.05, 0) is 37.3 Å². The number of fused-ring (bicyclic) bond motifs is 1. The summed E-state index contributed by atoms with van der Waals surface area (Å²) >= 11 is 6.05. The third-order valence-electron chi connectivity index (χ3n) is 3.79. The summed E-state index contributed by atoms with van der Waals surface area (Å²) in [6, 6.07) is 12.0. The van der Waals surface area contributed by atoms with Crippen LogP contribution in [0.4, 0.5) is 5.69 Å². The van der Waals surface area contributed by atoms with E-state index in [4.69, 9.17) is 16.3 Å². The molecule has 0 aliphatic heterocycles. The van der Waals surface area contributed by atoms with E-state index in [1.54, 1.807) is 43.3 Å². The highest BCUT2D eigenvalue weighted by molar-refractivity contribution is 6.32. The number of aryl methyl sites for hydroxylation is 1. The molecule has 3 rings (SSSR count). The maximum Gasteiger partial charge on any atom is 0.261 e. The van der Waals surface area contributed by atoms with Crippen LogP contribution in [0.25, 0.3) is 10.9 Å². The predicted molar refractivity (Wildman–Crippen MR) is 97.4 cm³/mol. The molecule has 0 saturated carbocycles. The van der Waals surface area contributed by atoms with Crippen LogP contribution in [-0.2, 0) is 11.3 Å². The maximum absolute atomic E-state index is 12.6. The van der Waals surface area contributed by atoms with E-state index in [0.29, 0.717) is 33.2 Å². The Bertz CT molecular complexity index is 1010. The molecule has 0 bridgehead atoms. The van der Waals surface area contributed by atoms with Crippen LogP contribution in [0.3, 0.4) is 0 Å². The standard InChI is InChI=1S/C18H16ClN3O3/c1-11-20-15-6-4-3-5-13(15)18(24)22(11)10-17(23)21-12-7-8-16(25-2)14(19)9-12/h3-9H,10H2,1-2H3,(H,21,23). The number of nitrogens with zero attached hydrogens (tertiary/aromatic N) is 2. The van der Waals surface area contributed by atoms with E-state index in [-0.39, 0.29) is 18.0 Å². The number of methoxy groups -OCH3 is 1. The second kappa shape index (κ2) is 6.94. The molecule has 0 fully saturated rings. The van der Waals surface area contributed by atoms with E-state index in [2.05, 4.69) is 10.3 Å². The van der Waals surface area contributed by atoms with Crippen LogP contribution in [0.1, 0.15) is 5.82 Å². The number of hydrogen-bond donors (Lipinski definition) is 1. The molecule has 7 heteroatoms. The highest BCUT2D eigenvalue weighted by Crippen LogP contribution is 2.27. The molecule has 0 spiro atoms. The lowest BCUT2D eigenvalue weighted by Crippen LogP contribution is -2.30. The topological polar surface area (TPSA) is 73.2 Å². The summed E-state index contributed by atoms with van der Waals surface area (Å²) < 4.78 is 6.42. The van der Waals surface area contributed by atoms with Gasteiger partial charge in [0, 0.05) is 5.69 Å². The van der Waals surface area contributed by atoms with Crippen molar-refractivity contribution in [3.05, 3.63) is 63.7 Å². The van der Waals surface area contributed by atoms with Crippen LogP contribution in [0, 0.1) is 6.92 Å². The summed E-state index contributed by atoms with van der Waals surface area (Å²) in [5, 5.41) is 3.59. The molecule has 25 heavy (non-hydrogen) atoms. The first-order valence-electron chi connectivity index (χ1n) is 7.59. The van der Waals surface area contributed by atoms with Gasteiger partial charge in [0.1, 0.15) is 18.1 Å². The van der Waals surface area contributed by atoms with Crippen molar-refractivity contribution in [2.75, 3.05) is 12.4 Å². The minimum atomic E-state index is -0.344. The van der Waals surface area contributed by atoms with Crippen LogP contribution in [0.2, 0.25) is 5.02 Å². The summed E-state index contributed by atoms with van der Waals surface area (Å²) in [7, 11) is 1.52. The van der Waals surface area contributed by atoms with Crippen molar-refractivity contribution in [2.24, 2.45) is 0 Å². The van der Waals surface area contributed by atoms with Crippen molar-refractivity contribution < 1.29 is 9.53 Å². The number of halogens is 1. The number of carbonyl (C=O) groups excluding carboxylic acids is 1. The second-order valence-electron chi connectivity index (χ2n) is 5.46. The van der Waals surface area contributed by atoms with Gasteiger partial charge in [-0.25, -0.2) is 4.98 Å². The number of rotatable bonds is 4. The highest BCUT2D eigenvalue weighted by Gasteiger charge is 2.12. The summed E-state index contributed by atoms with van der Waals surface area (Å²) in [5.41, 5.74) is 0.893. The number of ether oxygens (including phenoxy) is 1. The fourth-order valence-electron chi connectivity index (χ4n) is 2.55. The van der Waals surface area contributed by atoms with Crippen molar-refractivity contribution >= 4 is 34.1 Å². The number of carbonyl (C=O) groups is 1. The second-order valence-corrected chi connectivity index (χ2v) is 5.87. The molecule has 1 N–H and O–H groups in total. The number of hydrogen-bond acceptors (Lipinski definition) is 4. The van der Waals surface area contributed by atoms with E-state index in [0.717, 1.165) is 0 Å². The van der Waals surface area contributed by atoms with Crippen molar-refractivity contribution in [2.45, 2.75) is 13.5 Å². The van der Waals surface area contributed by atoms with E-state index >= 15 is 0 Å². The van der Waals surface area contributed by atoms with Crippen LogP contribution in [-0.4, -0.2) is 22.6 Å². The maximum atomic E-state index is 12.6. The monoisotopic (exact) mass is 357 g/mol. The first-order chi connectivity index (χ1) is 12.0. The number of anilines is 1. The van der Waals surface area contributed by atoms with Gasteiger partial charge in [0.25, 0.3) is 5.56 Å². The molecule has 1 aromatic heterocycles. The lowest BCUT2D eigenvalue weighted by atomic mass is 10.2. The third-order valence-corrected chi connectivity index (χ3v) is 4.09. The number of para-hydroxylation sites is 1. The van der Waals surface area contributed by atoms with E-state index in [1.807, 2.05) is 6.07 Å². The van der Waals surface area contributed by atoms with Crippen LogP contribution in [0.5, 0.6) is 5.75 Å². The SMILES string of the molecule is COc1ccc(NC(=O)Cn2c(C)nc3ccccc3c2=O)cc1Cl. The van der Waals surface area contributed by atoms with Gasteiger partial charge in [-0.2, -0.15) is 0 Å². The smallest absolute Gasteiger partial charge is 0.261 e. The van der Waals surface area contributed by atoms with Crippen molar-refractivity contribution in [3.8, 4) is 5.75 Å². The lowest BCUT2D eigenvalue weighted by molar-refractivity contribution is -0.116. The summed E-state index contributed by atoms with van der Waals surface area (Å²) in [6.07, 6.45) is 0. The van der Waals surface area contributed by atoms with Gasteiger partial charge < -0.3 is 10.1 Å². The normalized spacial score (nSPS) is 10.7. The van der Waals surface area contributed by atoms with E-state index in [9.17, 15) is 9.59 Å². The van der Waals surface area contributed by atoms with E-state index < -0.39 is 0 Å². The van der Waals surface area contributed by atoms with Crippen LogP contribution in [0.15, 0.2) is 47.3 Å². The first-order valence-corrected chi connectivity index (χ1v) is 7.97. The Balaban J connectivity index is 1.85. The molecular formula is C18H16ClN3O3. The quantitative estimate of drug-likeness (QED) is 0.779. The summed E-state index contributed by atoms with van der Waals surface area (Å²) in [4.78, 5) is 29.3. The Morgan fingerprint density at radius 3 is 2.76 bits per heavy atom. The highest BCUT2D eigenvalue weighted by atomic mass is 35.5. The predicted octanol–water partition coefficient (Wildman–Crippen LogP) is 3.01. The van der Waals surface area contributed by atoms with Gasteiger partial charge in [0.05, 0.1) is 23.0 Å². The molecule has 0 saturated heterocycles. The molecular weight excluding hydrogens is 342 g/mol. The Hall–Kier alpha value is -2.86. The van der Waals surface area contributed by atoms with Crippen molar-refractivity contribution in [3.63, 3.8) is 0 Å². The first kappa shape index (κ1) is 17.0. The molecule has 0 atom stereocenters. The number of aromatic nitrogens is 2. The average molecular weight is 358 g/mol. The number of benzene rings is 2. The summed E-state index contributed by atoms with van der Waals surface area (Å²) in [6.45, 7) is 1.57. The molecule has 2 aromatic carbocycles. The fraction of sp³-hybridized carbons (Fsp3) is 0.167. The van der Waals surface area contributed by atoms with Gasteiger partial charge in [-0.15, -0.1) is 0 Å². The van der Waals surface area contributed by atoms with E-state index in [1.165, 1.54) is 11.7 Å². The minimum absolute atomic E-state index is 0.133. The van der Waals surface area contributed by atoms with Crippen LogP contribution < -0.4 is 15.6 Å². The summed E-state index contributed by atoms with van der Waals surface area (Å²) in [5.74, 6) is 0.653. The van der Waals surface area contributed by atoms with Crippen LogP contribution >= 0.6 is 11.6 Å². The molecule has 1 amide bonds. The van der Waals surface area contributed by atoms with Gasteiger partial charge in [-0.3, -0.25) is 14.2 Å². The van der Waals surface area contributed by atoms with Crippen molar-refractivity contribution in [1.29, 1.82) is 0 Å². The third kappa shape index (κ3) is 3.49. The fourth-order valence-corrected chi connectivity index (χ4v) is 2.81. The molecule has 0 unspecified atom stereocenters. The van der Waals surface area contributed by atoms with Gasteiger partial charge in [-0.1, -0.05) is 23.7 Å². The Morgan fingerprint density at radius 1 is 1.28 bits per heavy atom. The molecule has 0 radical (unpaired) electrons. The molecule has 0 aliphatic rings.